The lowest BCUT2D eigenvalue weighted by molar-refractivity contribution is -0.147. The number of hydrogen-bond donors (Lipinski definition) is 1. The number of rotatable bonds is 6. The van der Waals surface area contributed by atoms with Gasteiger partial charge in [-0.25, -0.2) is 0 Å². The van der Waals surface area contributed by atoms with E-state index in [9.17, 15) is 35.9 Å². The van der Waals surface area contributed by atoms with E-state index in [4.69, 9.17) is 9.47 Å². The van der Waals surface area contributed by atoms with Crippen molar-refractivity contribution in [2.75, 3.05) is 18.5 Å². The fraction of sp³-hybridized carbons (Fsp3) is 0.529. The molecule has 5 nitrogen and oxygen atoms in total. The van der Waals surface area contributed by atoms with Crippen LogP contribution in [0.5, 0.6) is 0 Å². The number of ether oxygens (including phenoxy) is 2. The van der Waals surface area contributed by atoms with E-state index < -0.39 is 47.5 Å². The summed E-state index contributed by atoms with van der Waals surface area (Å²) >= 11 is 0. The molecule has 28 heavy (non-hydrogen) atoms. The van der Waals surface area contributed by atoms with Gasteiger partial charge in [-0.2, -0.15) is 26.3 Å². The van der Waals surface area contributed by atoms with E-state index in [1.807, 2.05) is 5.32 Å². The van der Waals surface area contributed by atoms with Gasteiger partial charge in [-0.15, -0.1) is 0 Å². The van der Waals surface area contributed by atoms with E-state index in [0.717, 1.165) is 12.8 Å². The van der Waals surface area contributed by atoms with Crippen LogP contribution in [-0.2, 0) is 31.4 Å². The van der Waals surface area contributed by atoms with Crippen molar-refractivity contribution in [1.82, 2.24) is 0 Å². The molecule has 1 aliphatic rings. The summed E-state index contributed by atoms with van der Waals surface area (Å²) < 4.78 is 86.9. The van der Waals surface area contributed by atoms with Crippen LogP contribution >= 0.6 is 0 Å². The van der Waals surface area contributed by atoms with Crippen molar-refractivity contribution in [3.05, 3.63) is 29.3 Å². The summed E-state index contributed by atoms with van der Waals surface area (Å²) in [4.78, 5) is 23.4. The van der Waals surface area contributed by atoms with Gasteiger partial charge in [0.1, 0.15) is 6.61 Å². The first kappa shape index (κ1) is 22.0. The number of nitrogens with one attached hydrogen (secondary N) is 1. The summed E-state index contributed by atoms with van der Waals surface area (Å²) in [5.41, 5.74) is -3.76. The number of carbonyl (C=O) groups is 2. The molecule has 0 aliphatic carbocycles. The van der Waals surface area contributed by atoms with Crippen LogP contribution in [0.25, 0.3) is 0 Å². The van der Waals surface area contributed by atoms with Gasteiger partial charge >= 0.3 is 18.3 Å². The normalized spacial score (nSPS) is 17.4. The van der Waals surface area contributed by atoms with E-state index in [-0.39, 0.29) is 25.2 Å². The predicted molar refractivity (Wildman–Crippen MR) is 84.2 cm³/mol. The molecule has 1 saturated heterocycles. The van der Waals surface area contributed by atoms with E-state index in [1.165, 1.54) is 0 Å². The fourth-order valence-electron chi connectivity index (χ4n) is 2.50. The van der Waals surface area contributed by atoms with Gasteiger partial charge in [-0.1, -0.05) is 0 Å². The first-order valence-corrected chi connectivity index (χ1v) is 8.31. The van der Waals surface area contributed by atoms with Crippen molar-refractivity contribution in [3.63, 3.8) is 0 Å². The maximum atomic E-state index is 12.8. The van der Waals surface area contributed by atoms with E-state index >= 15 is 0 Å². The Hall–Kier alpha value is -2.30. The highest BCUT2D eigenvalue weighted by Gasteiger charge is 2.37. The molecular formula is C17H17F6NO4. The maximum absolute atomic E-state index is 12.8. The number of esters is 1. The Labute approximate surface area is 156 Å². The molecule has 1 aliphatic heterocycles. The van der Waals surface area contributed by atoms with Crippen LogP contribution in [0.4, 0.5) is 32.0 Å². The highest BCUT2D eigenvalue weighted by atomic mass is 19.4. The number of hydrogen-bond acceptors (Lipinski definition) is 4. The van der Waals surface area contributed by atoms with Crippen molar-refractivity contribution in [2.45, 2.75) is 44.1 Å². The fourth-order valence-corrected chi connectivity index (χ4v) is 2.50. The third-order valence-electron chi connectivity index (χ3n) is 3.88. The number of alkyl halides is 6. The van der Waals surface area contributed by atoms with E-state index in [2.05, 4.69) is 0 Å². The quantitative estimate of drug-likeness (QED) is 0.562. The lowest BCUT2D eigenvalue weighted by atomic mass is 10.1. The molecule has 0 aromatic heterocycles. The van der Waals surface area contributed by atoms with Crippen molar-refractivity contribution >= 4 is 17.6 Å². The zero-order valence-corrected chi connectivity index (χ0v) is 14.5. The average Bonchev–Trinajstić information content (AvgIpc) is 3.10. The van der Waals surface area contributed by atoms with Crippen LogP contribution in [-0.4, -0.2) is 31.2 Å². The SMILES string of the molecule is O=C(CCC(=O)OCC1CCCO1)Nc1cc(C(F)(F)F)cc(C(F)(F)F)c1. The zero-order chi connectivity index (χ0) is 20.9. The molecule has 156 valence electrons. The standard InChI is InChI=1S/C17H17F6NO4/c18-16(19,20)10-6-11(17(21,22)23)8-12(7-10)24-14(25)3-4-15(26)28-9-13-2-1-5-27-13/h6-8,13H,1-5,9H2,(H,24,25). The molecule has 1 unspecified atom stereocenters. The molecule has 11 heteroatoms. The zero-order valence-electron chi connectivity index (χ0n) is 14.5. The second-order valence-electron chi connectivity index (χ2n) is 6.16. The maximum Gasteiger partial charge on any atom is 0.416 e. The number of benzene rings is 1. The van der Waals surface area contributed by atoms with Crippen molar-refractivity contribution in [2.24, 2.45) is 0 Å². The Kier molecular flexibility index (Phi) is 6.91. The topological polar surface area (TPSA) is 64.6 Å². The lowest BCUT2D eigenvalue weighted by Gasteiger charge is -2.15. The Morgan fingerprint density at radius 2 is 1.64 bits per heavy atom. The van der Waals surface area contributed by atoms with Gasteiger partial charge in [0, 0.05) is 18.7 Å². The minimum Gasteiger partial charge on any atom is -0.463 e. The highest BCUT2D eigenvalue weighted by Crippen LogP contribution is 2.37. The highest BCUT2D eigenvalue weighted by molar-refractivity contribution is 5.92. The van der Waals surface area contributed by atoms with Gasteiger partial charge < -0.3 is 14.8 Å². The van der Waals surface area contributed by atoms with Crippen molar-refractivity contribution in [3.8, 4) is 0 Å². The monoisotopic (exact) mass is 413 g/mol. The van der Waals surface area contributed by atoms with Crippen LogP contribution in [0.2, 0.25) is 0 Å². The Morgan fingerprint density at radius 1 is 1.04 bits per heavy atom. The summed E-state index contributed by atoms with van der Waals surface area (Å²) in [5.74, 6) is -1.63. The molecule has 1 atom stereocenters. The second-order valence-corrected chi connectivity index (χ2v) is 6.16. The van der Waals surface area contributed by atoms with Gasteiger partial charge in [-0.3, -0.25) is 9.59 Å². The number of carbonyl (C=O) groups excluding carboxylic acids is 2. The summed E-state index contributed by atoms with van der Waals surface area (Å²) in [6.45, 7) is 0.602. The molecule has 0 radical (unpaired) electrons. The van der Waals surface area contributed by atoms with E-state index in [0.29, 0.717) is 18.7 Å². The van der Waals surface area contributed by atoms with E-state index in [1.54, 1.807) is 0 Å². The Bertz CT molecular complexity index is 678. The first-order chi connectivity index (χ1) is 12.9. The van der Waals surface area contributed by atoms with Gasteiger partial charge in [0.05, 0.1) is 23.7 Å². The van der Waals surface area contributed by atoms with Crippen molar-refractivity contribution in [1.29, 1.82) is 0 Å². The summed E-state index contributed by atoms with van der Waals surface area (Å²) in [6, 6.07) is 0.740. The molecule has 1 aromatic carbocycles. The largest absolute Gasteiger partial charge is 0.463 e. The van der Waals surface area contributed by atoms with Crippen LogP contribution in [0.1, 0.15) is 36.8 Å². The van der Waals surface area contributed by atoms with Gasteiger partial charge in [0.25, 0.3) is 0 Å². The summed E-state index contributed by atoms with van der Waals surface area (Å²) in [5, 5.41) is 1.95. The number of halogens is 6. The predicted octanol–water partition coefficient (Wildman–Crippen LogP) is 4.17. The number of anilines is 1. The molecule has 1 aromatic rings. The lowest BCUT2D eigenvalue weighted by Crippen LogP contribution is -2.20. The van der Waals surface area contributed by atoms with Gasteiger partial charge in [0.15, 0.2) is 0 Å². The van der Waals surface area contributed by atoms with Crippen LogP contribution in [0.3, 0.4) is 0 Å². The molecule has 2 rings (SSSR count). The molecule has 1 fully saturated rings. The molecule has 0 bridgehead atoms. The third-order valence-corrected chi connectivity index (χ3v) is 3.88. The second kappa shape index (κ2) is 8.80. The molecular weight excluding hydrogens is 396 g/mol. The smallest absolute Gasteiger partial charge is 0.416 e. The van der Waals surface area contributed by atoms with Gasteiger partial charge in [0.2, 0.25) is 5.91 Å². The van der Waals surface area contributed by atoms with Crippen LogP contribution in [0, 0.1) is 0 Å². The van der Waals surface area contributed by atoms with Crippen LogP contribution < -0.4 is 5.32 Å². The first-order valence-electron chi connectivity index (χ1n) is 8.31. The molecule has 1 N–H and O–H groups in total. The Morgan fingerprint density at radius 3 is 2.14 bits per heavy atom. The summed E-state index contributed by atoms with van der Waals surface area (Å²) in [6.07, 6.45) is -9.49. The third kappa shape index (κ3) is 6.70. The van der Waals surface area contributed by atoms with Gasteiger partial charge in [-0.05, 0) is 31.0 Å². The van der Waals surface area contributed by atoms with Crippen molar-refractivity contribution < 1.29 is 45.4 Å². The Balaban J connectivity index is 1.93. The molecule has 1 amide bonds. The minimum atomic E-state index is -5.02. The molecule has 0 spiro atoms. The molecule has 0 saturated carbocycles. The average molecular weight is 413 g/mol. The molecule has 1 heterocycles. The summed E-state index contributed by atoms with van der Waals surface area (Å²) in [7, 11) is 0. The minimum absolute atomic E-state index is 0.0308. The van der Waals surface area contributed by atoms with Crippen LogP contribution in [0.15, 0.2) is 18.2 Å². The number of amides is 1.